The van der Waals surface area contributed by atoms with E-state index in [0.29, 0.717) is 2.49 Å². The zero-order valence-electron chi connectivity index (χ0n) is 5.77. The van der Waals surface area contributed by atoms with E-state index in [-0.39, 0.29) is 11.3 Å². The molecule has 0 bridgehead atoms. The van der Waals surface area contributed by atoms with E-state index in [2.05, 4.69) is 15.9 Å². The first kappa shape index (κ1) is 9.85. The second-order valence-corrected chi connectivity index (χ2v) is 6.58. The fourth-order valence-corrected chi connectivity index (χ4v) is 3.20. The third-order valence-electron chi connectivity index (χ3n) is 1.22. The molecule has 0 saturated carbocycles. The van der Waals surface area contributed by atoms with E-state index in [1.165, 1.54) is 0 Å². The lowest BCUT2D eigenvalue weighted by Crippen LogP contribution is -2.20. The van der Waals surface area contributed by atoms with E-state index >= 15 is 0 Å². The average Bonchev–Trinajstić information content (AvgIpc) is 2.00. The van der Waals surface area contributed by atoms with Crippen molar-refractivity contribution in [1.29, 1.82) is 0 Å². The van der Waals surface area contributed by atoms with E-state index in [1.54, 1.807) is 4.01 Å². The highest BCUT2D eigenvalue weighted by atomic mass is 127. The van der Waals surface area contributed by atoms with Gasteiger partial charge in [-0.15, -0.1) is 0 Å². The van der Waals surface area contributed by atoms with Crippen molar-refractivity contribution < 1.29 is 9.18 Å². The van der Waals surface area contributed by atoms with Crippen molar-refractivity contribution in [2.24, 2.45) is 11.5 Å². The van der Waals surface area contributed by atoms with Crippen LogP contribution in [0.15, 0.2) is 19.6 Å². The first-order valence-corrected chi connectivity index (χ1v) is 5.97. The third-order valence-corrected chi connectivity index (χ3v) is 4.68. The van der Waals surface area contributed by atoms with E-state index in [0.717, 1.165) is 0 Å². The molecule has 4 N–H and O–H groups in total. The lowest BCUT2D eigenvalue weighted by atomic mass is 10.2. The molecule has 1 aliphatic rings. The van der Waals surface area contributed by atoms with Crippen LogP contribution >= 0.6 is 36.7 Å². The summed E-state index contributed by atoms with van der Waals surface area (Å²) in [6.45, 7) is 0. The SMILES string of the molecule is NC(=O)C1=C(N)C(F)=C(Br)I=C1. The molecular weight excluding hydrogens is 342 g/mol. The van der Waals surface area contributed by atoms with Gasteiger partial charge < -0.3 is 11.5 Å². The van der Waals surface area contributed by atoms with Crippen LogP contribution in [0.2, 0.25) is 0 Å². The van der Waals surface area contributed by atoms with Gasteiger partial charge in [-0.25, -0.2) is 4.39 Å². The Morgan fingerprint density at radius 2 is 2.25 bits per heavy atom. The van der Waals surface area contributed by atoms with Gasteiger partial charge in [0.05, 0.1) is 13.8 Å². The molecule has 0 atom stereocenters. The molecule has 0 saturated heterocycles. The van der Waals surface area contributed by atoms with Crippen molar-refractivity contribution in [1.82, 2.24) is 0 Å². The third kappa shape index (κ3) is 1.74. The molecule has 1 aliphatic heterocycles. The number of carbonyl (C=O) groups is 1. The molecule has 0 unspecified atom stereocenters. The number of hydrogen-bond acceptors (Lipinski definition) is 2. The number of amides is 1. The van der Waals surface area contributed by atoms with Crippen LogP contribution in [0.4, 0.5) is 4.39 Å². The van der Waals surface area contributed by atoms with E-state index in [1.807, 2.05) is 0 Å². The normalized spacial score (nSPS) is 17.8. The molecular formula is C6H5BrFIN2O. The summed E-state index contributed by atoms with van der Waals surface area (Å²) in [5.74, 6) is -1.23. The van der Waals surface area contributed by atoms with Gasteiger partial charge in [0.2, 0.25) is 0 Å². The molecule has 0 radical (unpaired) electrons. The summed E-state index contributed by atoms with van der Waals surface area (Å²) in [4.78, 5) is 10.7. The largest absolute Gasteiger partial charge is 0.396 e. The van der Waals surface area contributed by atoms with Gasteiger partial charge in [0.1, 0.15) is 0 Å². The fourth-order valence-electron chi connectivity index (χ4n) is 0.616. The van der Waals surface area contributed by atoms with Gasteiger partial charge in [-0.3, -0.25) is 4.79 Å². The van der Waals surface area contributed by atoms with Crippen molar-refractivity contribution in [3.05, 3.63) is 19.6 Å². The number of nitrogens with two attached hydrogens (primary N) is 2. The first-order chi connectivity index (χ1) is 5.54. The second-order valence-electron chi connectivity index (χ2n) is 1.98. The molecule has 0 aromatic heterocycles. The number of halogens is 3. The molecule has 12 heavy (non-hydrogen) atoms. The van der Waals surface area contributed by atoms with Crippen LogP contribution in [-0.4, -0.2) is 9.92 Å². The van der Waals surface area contributed by atoms with Crippen molar-refractivity contribution >= 4 is 46.6 Å². The molecule has 1 rings (SSSR count). The summed E-state index contributed by atoms with van der Waals surface area (Å²) >= 11 is 2.39. The minimum Gasteiger partial charge on any atom is -0.396 e. The summed E-state index contributed by atoms with van der Waals surface area (Å²) < 4.78 is 15.1. The minimum absolute atomic E-state index is 0.100. The molecule has 0 spiro atoms. The quantitative estimate of drug-likeness (QED) is 0.696. The topological polar surface area (TPSA) is 69.1 Å². The predicted molar refractivity (Wildman–Crippen MR) is 57.6 cm³/mol. The van der Waals surface area contributed by atoms with Crippen LogP contribution in [0.3, 0.4) is 0 Å². The maximum atomic E-state index is 13.0. The number of hydrogen-bond donors (Lipinski definition) is 2. The molecule has 6 heteroatoms. The second kappa shape index (κ2) is 3.65. The van der Waals surface area contributed by atoms with Gasteiger partial charge in [0, 0.05) is 0 Å². The standard InChI is InChI=1S/C6H5BrFIN2O/c7-5-3(8)4(10)2(1-9-5)6(11)12/h1H,10H2,(H2,11,12). The van der Waals surface area contributed by atoms with Gasteiger partial charge in [-0.1, -0.05) is 20.7 Å². The summed E-state index contributed by atoms with van der Waals surface area (Å²) in [5, 5.41) is 0. The number of carbonyl (C=O) groups excluding carboxylic acids is 1. The van der Waals surface area contributed by atoms with Gasteiger partial charge in [-0.05, 0) is 19.9 Å². The number of allylic oxidation sites excluding steroid dienone is 1. The zero-order chi connectivity index (χ0) is 9.30. The smallest absolute Gasteiger partial charge is 0.251 e. The highest BCUT2D eigenvalue weighted by Gasteiger charge is 2.17. The van der Waals surface area contributed by atoms with Crippen molar-refractivity contribution in [2.45, 2.75) is 0 Å². The van der Waals surface area contributed by atoms with Gasteiger partial charge >= 0.3 is 0 Å². The zero-order valence-corrected chi connectivity index (χ0v) is 9.52. The monoisotopic (exact) mass is 346 g/mol. The molecule has 0 fully saturated rings. The van der Waals surface area contributed by atoms with E-state index < -0.39 is 32.5 Å². The number of primary amides is 1. The fraction of sp³-hybridized carbons (Fsp3) is 0. The average molecular weight is 347 g/mol. The number of rotatable bonds is 1. The van der Waals surface area contributed by atoms with Gasteiger partial charge in [-0.2, -0.15) is 0 Å². The van der Waals surface area contributed by atoms with Crippen LogP contribution in [0.5, 0.6) is 0 Å². The molecule has 0 aromatic carbocycles. The summed E-state index contributed by atoms with van der Waals surface area (Å²) in [5.41, 5.74) is 10.2. The maximum Gasteiger partial charge on any atom is 0.251 e. The summed E-state index contributed by atoms with van der Waals surface area (Å²) in [6, 6.07) is 0. The highest BCUT2D eigenvalue weighted by molar-refractivity contribution is 14.2. The van der Waals surface area contributed by atoms with Gasteiger partial charge in [0.15, 0.2) is 5.83 Å². The Hall–Kier alpha value is -0.240. The van der Waals surface area contributed by atoms with Crippen LogP contribution in [0.1, 0.15) is 0 Å². The van der Waals surface area contributed by atoms with Crippen LogP contribution < -0.4 is 11.5 Å². The van der Waals surface area contributed by atoms with Crippen molar-refractivity contribution in [3.63, 3.8) is 0 Å². The Bertz CT molecular complexity index is 334. The molecule has 1 amide bonds. The summed E-state index contributed by atoms with van der Waals surface area (Å²) in [6.07, 6.45) is 0. The molecule has 1 heterocycles. The molecule has 0 aliphatic carbocycles. The molecule has 0 aromatic rings. The van der Waals surface area contributed by atoms with Crippen molar-refractivity contribution in [3.8, 4) is 0 Å². The van der Waals surface area contributed by atoms with Crippen molar-refractivity contribution in [2.75, 3.05) is 0 Å². The summed E-state index contributed by atoms with van der Waals surface area (Å²) in [7, 11) is 0. The van der Waals surface area contributed by atoms with Crippen LogP contribution in [0.25, 0.3) is 0 Å². The highest BCUT2D eigenvalue weighted by Crippen LogP contribution is 2.33. The lowest BCUT2D eigenvalue weighted by molar-refractivity contribution is -0.114. The Labute approximate surface area is 86.5 Å². The Kier molecular flexibility index (Phi) is 2.99. The van der Waals surface area contributed by atoms with E-state index in [4.69, 9.17) is 11.5 Å². The Balaban J connectivity index is 3.24. The maximum absolute atomic E-state index is 13.0. The molecule has 3 nitrogen and oxygen atoms in total. The van der Waals surface area contributed by atoms with Gasteiger partial charge in [0.25, 0.3) is 5.91 Å². The Morgan fingerprint density at radius 3 is 2.75 bits per heavy atom. The Morgan fingerprint density at radius 1 is 1.67 bits per heavy atom. The van der Waals surface area contributed by atoms with Crippen LogP contribution in [0, 0.1) is 0 Å². The van der Waals surface area contributed by atoms with Crippen LogP contribution in [-0.2, 0) is 4.79 Å². The predicted octanol–water partition coefficient (Wildman–Crippen LogP) is 1.00. The molecule has 66 valence electrons. The lowest BCUT2D eigenvalue weighted by Gasteiger charge is -2.07. The minimum atomic E-state index is -0.678. The van der Waals surface area contributed by atoms with E-state index in [9.17, 15) is 9.18 Å². The first-order valence-electron chi connectivity index (χ1n) is 2.86.